The van der Waals surface area contributed by atoms with Crippen LogP contribution in [0, 0.1) is 11.3 Å². The van der Waals surface area contributed by atoms with Crippen LogP contribution in [-0.4, -0.2) is 24.9 Å². The first-order valence-corrected chi connectivity index (χ1v) is 8.76. The largest absolute Gasteiger partial charge is 0.352 e. The lowest BCUT2D eigenvalue weighted by molar-refractivity contribution is -0.125. The Hall–Kier alpha value is -1.59. The number of benzene rings is 1. The predicted molar refractivity (Wildman–Crippen MR) is 99.3 cm³/mol. The summed E-state index contributed by atoms with van der Waals surface area (Å²) in [5.74, 6) is 0.0202. The van der Waals surface area contributed by atoms with E-state index in [1.54, 1.807) is 18.2 Å². The molecule has 0 heterocycles. The van der Waals surface area contributed by atoms with Gasteiger partial charge in [0.15, 0.2) is 0 Å². The average molecular weight is 354 g/mol. The molecule has 1 aromatic rings. The second kappa shape index (κ2) is 9.04. The van der Waals surface area contributed by atoms with Gasteiger partial charge >= 0.3 is 0 Å². The van der Waals surface area contributed by atoms with Crippen LogP contribution in [0.1, 0.15) is 50.9 Å². The minimum Gasteiger partial charge on any atom is -0.352 e. The van der Waals surface area contributed by atoms with Crippen LogP contribution in [-0.2, 0) is 4.79 Å². The van der Waals surface area contributed by atoms with E-state index in [0.29, 0.717) is 41.6 Å². The zero-order chi connectivity index (χ0) is 18.3. The number of nitrogens with two attached hydrogens (primary N) is 1. The number of carbonyl (C=O) groups is 2. The minimum absolute atomic E-state index is 0.122. The molecule has 1 rings (SSSR count). The van der Waals surface area contributed by atoms with Crippen molar-refractivity contribution in [3.63, 3.8) is 0 Å². The predicted octanol–water partition coefficient (Wildman–Crippen LogP) is 3.43. The lowest BCUT2D eigenvalue weighted by Gasteiger charge is -2.28. The molecule has 0 fully saturated rings. The topological polar surface area (TPSA) is 84.2 Å². The van der Waals surface area contributed by atoms with Crippen LogP contribution in [0.25, 0.3) is 0 Å². The molecular weight excluding hydrogens is 326 g/mol. The van der Waals surface area contributed by atoms with Gasteiger partial charge in [0.05, 0.1) is 16.0 Å². The van der Waals surface area contributed by atoms with Gasteiger partial charge < -0.3 is 16.4 Å². The van der Waals surface area contributed by atoms with Crippen molar-refractivity contribution in [2.24, 2.45) is 17.1 Å². The van der Waals surface area contributed by atoms with E-state index >= 15 is 0 Å². The van der Waals surface area contributed by atoms with Gasteiger partial charge in [0.25, 0.3) is 5.91 Å². The Bertz CT molecular complexity index is 575. The number of anilines is 1. The monoisotopic (exact) mass is 353 g/mol. The number of hydrogen-bond acceptors (Lipinski definition) is 3. The van der Waals surface area contributed by atoms with E-state index in [9.17, 15) is 9.59 Å². The Kier molecular flexibility index (Phi) is 7.70. The van der Waals surface area contributed by atoms with Gasteiger partial charge in [0.1, 0.15) is 0 Å². The van der Waals surface area contributed by atoms with Crippen molar-refractivity contribution in [3.8, 4) is 0 Å². The third-order valence-electron chi connectivity index (χ3n) is 4.37. The summed E-state index contributed by atoms with van der Waals surface area (Å²) in [6, 6.07) is 4.90. The van der Waals surface area contributed by atoms with Gasteiger partial charge in [-0.3, -0.25) is 9.59 Å². The fourth-order valence-corrected chi connectivity index (χ4v) is 2.65. The smallest absolute Gasteiger partial charge is 0.252 e. The van der Waals surface area contributed by atoms with Crippen molar-refractivity contribution in [3.05, 3.63) is 28.8 Å². The molecule has 2 amide bonds. The Morgan fingerprint density at radius 1 is 1.25 bits per heavy atom. The number of carbonyl (C=O) groups excluding carboxylic acids is 2. The Balaban J connectivity index is 2.88. The molecule has 24 heavy (non-hydrogen) atoms. The van der Waals surface area contributed by atoms with Crippen LogP contribution in [0.2, 0.25) is 5.02 Å². The van der Waals surface area contributed by atoms with Crippen LogP contribution >= 0.6 is 11.6 Å². The molecule has 1 aromatic carbocycles. The third kappa shape index (κ3) is 4.95. The van der Waals surface area contributed by atoms with Crippen molar-refractivity contribution in [1.29, 1.82) is 0 Å². The number of rotatable bonds is 8. The lowest BCUT2D eigenvalue weighted by Crippen LogP contribution is -2.41. The van der Waals surface area contributed by atoms with Crippen molar-refractivity contribution in [1.82, 2.24) is 5.32 Å². The molecule has 6 heteroatoms. The quantitative estimate of drug-likeness (QED) is 0.669. The summed E-state index contributed by atoms with van der Waals surface area (Å²) < 4.78 is 0. The molecule has 0 atom stereocenters. The molecule has 0 spiro atoms. The SMILES string of the molecule is CCC(CC)(CN)C(=O)Nc1ccc(C(=O)NCC(C)C)c(Cl)c1. The number of hydrogen-bond donors (Lipinski definition) is 3. The maximum absolute atomic E-state index is 12.5. The average Bonchev–Trinajstić information content (AvgIpc) is 2.55. The van der Waals surface area contributed by atoms with Crippen molar-refractivity contribution in [2.75, 3.05) is 18.4 Å². The first-order chi connectivity index (χ1) is 11.3. The molecule has 0 aliphatic heterocycles. The molecule has 5 nitrogen and oxygen atoms in total. The highest BCUT2D eigenvalue weighted by molar-refractivity contribution is 6.34. The van der Waals surface area contributed by atoms with Gasteiger partial charge in [-0.05, 0) is 37.0 Å². The second-order valence-corrected chi connectivity index (χ2v) is 6.85. The summed E-state index contributed by atoms with van der Waals surface area (Å²) >= 11 is 6.20. The zero-order valence-electron chi connectivity index (χ0n) is 14.9. The minimum atomic E-state index is -0.584. The van der Waals surface area contributed by atoms with E-state index in [-0.39, 0.29) is 18.4 Å². The first-order valence-electron chi connectivity index (χ1n) is 8.38. The molecular formula is C18H28ClN3O2. The highest BCUT2D eigenvalue weighted by atomic mass is 35.5. The van der Waals surface area contributed by atoms with Gasteiger partial charge in [-0.2, -0.15) is 0 Å². The highest BCUT2D eigenvalue weighted by Crippen LogP contribution is 2.28. The standard InChI is InChI=1S/C18H28ClN3O2/c1-5-18(6-2,11-20)17(24)22-13-7-8-14(15(19)9-13)16(23)21-10-12(3)4/h7-9,12H,5-6,10-11,20H2,1-4H3,(H,21,23)(H,22,24). The van der Waals surface area contributed by atoms with E-state index in [1.807, 2.05) is 27.7 Å². The molecule has 0 radical (unpaired) electrons. The fraction of sp³-hybridized carbons (Fsp3) is 0.556. The summed E-state index contributed by atoms with van der Waals surface area (Å²) in [7, 11) is 0. The van der Waals surface area contributed by atoms with E-state index in [2.05, 4.69) is 10.6 Å². The normalized spacial score (nSPS) is 11.5. The molecule has 0 aliphatic rings. The van der Waals surface area contributed by atoms with Gasteiger partial charge in [-0.25, -0.2) is 0 Å². The Labute approximate surface area is 149 Å². The van der Waals surface area contributed by atoms with Crippen LogP contribution in [0.4, 0.5) is 5.69 Å². The Morgan fingerprint density at radius 2 is 1.88 bits per heavy atom. The first kappa shape index (κ1) is 20.5. The van der Waals surface area contributed by atoms with Gasteiger partial charge in [-0.15, -0.1) is 0 Å². The fourth-order valence-electron chi connectivity index (χ4n) is 2.39. The van der Waals surface area contributed by atoms with E-state index in [0.717, 1.165) is 0 Å². The highest BCUT2D eigenvalue weighted by Gasteiger charge is 2.33. The van der Waals surface area contributed by atoms with Gasteiger partial charge in [0, 0.05) is 18.8 Å². The summed E-state index contributed by atoms with van der Waals surface area (Å²) in [6.07, 6.45) is 1.32. The third-order valence-corrected chi connectivity index (χ3v) is 4.68. The van der Waals surface area contributed by atoms with E-state index in [1.165, 1.54) is 0 Å². The molecule has 0 saturated heterocycles. The summed E-state index contributed by atoms with van der Waals surface area (Å²) in [5, 5.41) is 5.99. The second-order valence-electron chi connectivity index (χ2n) is 6.44. The maximum atomic E-state index is 12.5. The van der Waals surface area contributed by atoms with Crippen LogP contribution in [0.5, 0.6) is 0 Å². The number of amides is 2. The van der Waals surface area contributed by atoms with Crippen LogP contribution in [0.3, 0.4) is 0 Å². The van der Waals surface area contributed by atoms with Crippen LogP contribution < -0.4 is 16.4 Å². The van der Waals surface area contributed by atoms with E-state index in [4.69, 9.17) is 17.3 Å². The van der Waals surface area contributed by atoms with Crippen molar-refractivity contribution in [2.45, 2.75) is 40.5 Å². The van der Waals surface area contributed by atoms with E-state index < -0.39 is 5.41 Å². The molecule has 134 valence electrons. The Morgan fingerprint density at radius 3 is 2.33 bits per heavy atom. The lowest BCUT2D eigenvalue weighted by atomic mass is 9.81. The summed E-state index contributed by atoms with van der Waals surface area (Å²) in [5.41, 5.74) is 6.17. The maximum Gasteiger partial charge on any atom is 0.252 e. The number of nitrogens with one attached hydrogen (secondary N) is 2. The van der Waals surface area contributed by atoms with Crippen molar-refractivity contribution >= 4 is 29.1 Å². The summed E-state index contributed by atoms with van der Waals surface area (Å²) in [4.78, 5) is 24.6. The van der Waals surface area contributed by atoms with Crippen molar-refractivity contribution < 1.29 is 9.59 Å². The molecule has 0 aromatic heterocycles. The molecule has 0 unspecified atom stereocenters. The molecule has 0 aliphatic carbocycles. The van der Waals surface area contributed by atoms with Gasteiger partial charge in [-0.1, -0.05) is 39.3 Å². The van der Waals surface area contributed by atoms with Gasteiger partial charge in [0.2, 0.25) is 5.91 Å². The number of halogens is 1. The molecule has 0 bridgehead atoms. The molecule has 4 N–H and O–H groups in total. The molecule has 0 saturated carbocycles. The zero-order valence-corrected chi connectivity index (χ0v) is 15.7. The van der Waals surface area contributed by atoms with Crippen LogP contribution in [0.15, 0.2) is 18.2 Å². The summed E-state index contributed by atoms with van der Waals surface area (Å²) in [6.45, 7) is 8.81.